The van der Waals surface area contributed by atoms with E-state index in [1.165, 1.54) is 0 Å². The Bertz CT molecular complexity index is 443. The topological polar surface area (TPSA) is 56.1 Å². The van der Waals surface area contributed by atoms with Crippen LogP contribution in [-0.2, 0) is 4.79 Å². The number of nitriles is 1. The van der Waals surface area contributed by atoms with Crippen LogP contribution in [0.2, 0.25) is 0 Å². The number of carbonyl (C=O) groups excluding carboxylic acids is 1. The van der Waals surface area contributed by atoms with Gasteiger partial charge in [0.05, 0.1) is 18.2 Å². The molecular formula is C13H15N3O. The molecule has 88 valence electrons. The van der Waals surface area contributed by atoms with Crippen molar-refractivity contribution in [3.63, 3.8) is 0 Å². The van der Waals surface area contributed by atoms with Crippen LogP contribution in [0.5, 0.6) is 0 Å². The minimum atomic E-state index is 0.0550. The number of anilines is 1. The molecule has 0 aromatic heterocycles. The highest BCUT2D eigenvalue weighted by Crippen LogP contribution is 2.18. The van der Waals surface area contributed by atoms with E-state index in [4.69, 9.17) is 5.26 Å². The molecule has 1 aliphatic rings. The van der Waals surface area contributed by atoms with Gasteiger partial charge in [-0.3, -0.25) is 4.79 Å². The average Bonchev–Trinajstić information content (AvgIpc) is 3.12. The van der Waals surface area contributed by atoms with Crippen molar-refractivity contribution in [2.45, 2.75) is 18.9 Å². The zero-order chi connectivity index (χ0) is 12.3. The number of rotatable bonds is 4. The maximum atomic E-state index is 11.6. The van der Waals surface area contributed by atoms with Gasteiger partial charge in [0.15, 0.2) is 0 Å². The number of hydrogen-bond donors (Lipinski definition) is 1. The Hall–Kier alpha value is -2.02. The van der Waals surface area contributed by atoms with Gasteiger partial charge < -0.3 is 10.2 Å². The van der Waals surface area contributed by atoms with Crippen LogP contribution in [-0.4, -0.2) is 25.5 Å². The minimum absolute atomic E-state index is 0.0550. The maximum absolute atomic E-state index is 11.6. The Morgan fingerprint density at radius 2 is 2.12 bits per heavy atom. The lowest BCUT2D eigenvalue weighted by molar-refractivity contribution is -0.119. The van der Waals surface area contributed by atoms with E-state index < -0.39 is 0 Å². The zero-order valence-corrected chi connectivity index (χ0v) is 9.81. The lowest BCUT2D eigenvalue weighted by atomic mass is 10.2. The summed E-state index contributed by atoms with van der Waals surface area (Å²) < 4.78 is 0. The second-order valence-electron chi connectivity index (χ2n) is 4.36. The van der Waals surface area contributed by atoms with E-state index in [-0.39, 0.29) is 5.91 Å². The molecule has 4 nitrogen and oxygen atoms in total. The molecule has 17 heavy (non-hydrogen) atoms. The van der Waals surface area contributed by atoms with Crippen LogP contribution in [0, 0.1) is 11.3 Å². The van der Waals surface area contributed by atoms with Gasteiger partial charge in [0, 0.05) is 18.8 Å². The maximum Gasteiger partial charge on any atom is 0.239 e. The van der Waals surface area contributed by atoms with Crippen LogP contribution in [0.3, 0.4) is 0 Å². The number of nitrogens with one attached hydrogen (secondary N) is 1. The van der Waals surface area contributed by atoms with Crippen molar-refractivity contribution in [1.82, 2.24) is 5.32 Å². The van der Waals surface area contributed by atoms with Crippen molar-refractivity contribution >= 4 is 11.6 Å². The van der Waals surface area contributed by atoms with Gasteiger partial charge >= 0.3 is 0 Å². The monoisotopic (exact) mass is 229 g/mol. The van der Waals surface area contributed by atoms with E-state index in [0.29, 0.717) is 18.2 Å². The molecule has 0 bridgehead atoms. The lowest BCUT2D eigenvalue weighted by Gasteiger charge is -2.18. The van der Waals surface area contributed by atoms with Gasteiger partial charge in [0.25, 0.3) is 0 Å². The second-order valence-corrected chi connectivity index (χ2v) is 4.36. The Labute approximate surface area is 101 Å². The van der Waals surface area contributed by atoms with E-state index in [9.17, 15) is 4.79 Å². The van der Waals surface area contributed by atoms with Gasteiger partial charge in [0.1, 0.15) is 0 Å². The van der Waals surface area contributed by atoms with E-state index in [0.717, 1.165) is 18.5 Å². The third kappa shape index (κ3) is 3.22. The average molecular weight is 229 g/mol. The summed E-state index contributed by atoms with van der Waals surface area (Å²) in [7, 11) is 1.87. The first-order chi connectivity index (χ1) is 8.19. The number of hydrogen-bond acceptors (Lipinski definition) is 3. The van der Waals surface area contributed by atoms with Crippen molar-refractivity contribution in [2.75, 3.05) is 18.5 Å². The van der Waals surface area contributed by atoms with Crippen LogP contribution >= 0.6 is 0 Å². The molecule has 0 saturated heterocycles. The quantitative estimate of drug-likeness (QED) is 0.846. The largest absolute Gasteiger partial charge is 0.365 e. The summed E-state index contributed by atoms with van der Waals surface area (Å²) in [4.78, 5) is 13.5. The molecule has 0 aliphatic heterocycles. The van der Waals surface area contributed by atoms with Gasteiger partial charge in [0.2, 0.25) is 5.91 Å². The molecule has 0 spiro atoms. The standard InChI is InChI=1S/C13H15N3O/c1-16(9-13(17)15-11-4-5-11)12-6-2-10(8-14)3-7-12/h2-3,6-7,11H,4-5,9H2,1H3,(H,15,17). The first kappa shape index (κ1) is 11.5. The van der Waals surface area contributed by atoms with Gasteiger partial charge in [-0.1, -0.05) is 0 Å². The highest BCUT2D eigenvalue weighted by Gasteiger charge is 2.23. The first-order valence-electron chi connectivity index (χ1n) is 5.69. The molecule has 1 aliphatic carbocycles. The Morgan fingerprint density at radius 1 is 1.47 bits per heavy atom. The molecule has 0 heterocycles. The molecule has 4 heteroatoms. The smallest absolute Gasteiger partial charge is 0.239 e. The second kappa shape index (κ2) is 4.88. The summed E-state index contributed by atoms with van der Waals surface area (Å²) >= 11 is 0. The van der Waals surface area contributed by atoms with Crippen LogP contribution in [0.15, 0.2) is 24.3 Å². The third-order valence-electron chi connectivity index (χ3n) is 2.76. The summed E-state index contributed by atoms with van der Waals surface area (Å²) in [5.41, 5.74) is 1.57. The molecule has 1 N–H and O–H groups in total. The van der Waals surface area contributed by atoms with Crippen molar-refractivity contribution in [3.05, 3.63) is 29.8 Å². The molecule has 1 aromatic carbocycles. The highest BCUT2D eigenvalue weighted by molar-refractivity contribution is 5.81. The molecular weight excluding hydrogens is 214 g/mol. The van der Waals surface area contributed by atoms with Crippen molar-refractivity contribution in [1.29, 1.82) is 5.26 Å². The lowest BCUT2D eigenvalue weighted by Crippen LogP contribution is -2.36. The number of amides is 1. The summed E-state index contributed by atoms with van der Waals surface area (Å²) in [6.45, 7) is 0.350. The summed E-state index contributed by atoms with van der Waals surface area (Å²) in [6.07, 6.45) is 2.21. The van der Waals surface area contributed by atoms with E-state index >= 15 is 0 Å². The number of likely N-dealkylation sites (N-methyl/N-ethyl adjacent to an activating group) is 1. The fourth-order valence-corrected chi connectivity index (χ4v) is 1.60. The SMILES string of the molecule is CN(CC(=O)NC1CC1)c1ccc(C#N)cc1. The predicted molar refractivity (Wildman–Crippen MR) is 65.6 cm³/mol. The van der Waals surface area contributed by atoms with Crippen LogP contribution in [0.25, 0.3) is 0 Å². The van der Waals surface area contributed by atoms with Crippen molar-refractivity contribution in [3.8, 4) is 6.07 Å². The molecule has 1 amide bonds. The van der Waals surface area contributed by atoms with Crippen LogP contribution < -0.4 is 10.2 Å². The van der Waals surface area contributed by atoms with E-state index in [1.54, 1.807) is 12.1 Å². The van der Waals surface area contributed by atoms with E-state index in [1.807, 2.05) is 24.1 Å². The molecule has 0 radical (unpaired) electrons. The first-order valence-corrected chi connectivity index (χ1v) is 5.69. The fourth-order valence-electron chi connectivity index (χ4n) is 1.60. The van der Waals surface area contributed by atoms with Gasteiger partial charge in [-0.15, -0.1) is 0 Å². The number of carbonyl (C=O) groups is 1. The molecule has 2 rings (SSSR count). The predicted octanol–water partition coefficient (Wildman–Crippen LogP) is 1.27. The van der Waals surface area contributed by atoms with Gasteiger partial charge in [-0.05, 0) is 37.1 Å². The number of benzene rings is 1. The molecule has 1 saturated carbocycles. The van der Waals surface area contributed by atoms with Crippen LogP contribution in [0.4, 0.5) is 5.69 Å². The minimum Gasteiger partial charge on any atom is -0.365 e. The Balaban J connectivity index is 1.91. The fraction of sp³-hybridized carbons (Fsp3) is 0.385. The van der Waals surface area contributed by atoms with Gasteiger partial charge in [-0.25, -0.2) is 0 Å². The summed E-state index contributed by atoms with van der Waals surface area (Å²) in [5, 5.41) is 11.6. The Kier molecular flexibility index (Phi) is 3.29. The van der Waals surface area contributed by atoms with Gasteiger partial charge in [-0.2, -0.15) is 5.26 Å². The zero-order valence-electron chi connectivity index (χ0n) is 9.81. The molecule has 0 unspecified atom stereocenters. The normalized spacial score (nSPS) is 13.9. The van der Waals surface area contributed by atoms with Crippen LogP contribution in [0.1, 0.15) is 18.4 Å². The van der Waals surface area contributed by atoms with E-state index in [2.05, 4.69) is 11.4 Å². The van der Waals surface area contributed by atoms with Crippen molar-refractivity contribution < 1.29 is 4.79 Å². The molecule has 1 aromatic rings. The molecule has 1 fully saturated rings. The molecule has 0 atom stereocenters. The highest BCUT2D eigenvalue weighted by atomic mass is 16.2. The number of nitrogens with zero attached hydrogens (tertiary/aromatic N) is 2. The van der Waals surface area contributed by atoms with Crippen molar-refractivity contribution in [2.24, 2.45) is 0 Å². The third-order valence-corrected chi connectivity index (χ3v) is 2.76. The summed E-state index contributed by atoms with van der Waals surface area (Å²) in [6, 6.07) is 9.68. The summed E-state index contributed by atoms with van der Waals surface area (Å²) in [5.74, 6) is 0.0550. The Morgan fingerprint density at radius 3 is 2.65 bits per heavy atom.